The van der Waals surface area contributed by atoms with Crippen LogP contribution < -0.4 is 11.1 Å². The van der Waals surface area contributed by atoms with Gasteiger partial charge < -0.3 is 11.1 Å². The summed E-state index contributed by atoms with van der Waals surface area (Å²) in [7, 11) is 1.65. The number of nitrogens with two attached hydrogens (primary N) is 1. The number of carbonyl (C=O) groups excluding carboxylic acids is 3. The molecule has 2 aromatic heterocycles. The van der Waals surface area contributed by atoms with E-state index in [2.05, 4.69) is 20.4 Å². The van der Waals surface area contributed by atoms with Crippen LogP contribution in [0.3, 0.4) is 0 Å². The Morgan fingerprint density at radius 3 is 2.43 bits per heavy atom. The summed E-state index contributed by atoms with van der Waals surface area (Å²) in [4.78, 5) is 44.8. The molecule has 0 bridgehead atoms. The van der Waals surface area contributed by atoms with Crippen molar-refractivity contribution in [3.05, 3.63) is 66.1 Å². The Kier molecular flexibility index (Phi) is 5.54. The molecular weight excluding hydrogens is 360 g/mol. The number of ketones is 1. The lowest BCUT2D eigenvalue weighted by molar-refractivity contribution is -0.137. The monoisotopic (exact) mass is 378 g/mol. The van der Waals surface area contributed by atoms with Gasteiger partial charge in [0.25, 0.3) is 11.8 Å². The molecule has 1 aromatic carbocycles. The molecule has 3 rings (SSSR count). The van der Waals surface area contributed by atoms with Gasteiger partial charge in [-0.3, -0.25) is 19.1 Å². The first-order chi connectivity index (χ1) is 13.5. The summed E-state index contributed by atoms with van der Waals surface area (Å²) in [6, 6.07) is 9.57. The minimum absolute atomic E-state index is 0.131. The number of carbonyl (C=O) groups is 3. The summed E-state index contributed by atoms with van der Waals surface area (Å²) >= 11 is 0. The predicted molar refractivity (Wildman–Crippen MR) is 99.8 cm³/mol. The first-order valence-electron chi connectivity index (χ1n) is 8.45. The van der Waals surface area contributed by atoms with Crippen LogP contribution in [0.4, 0.5) is 0 Å². The SMILES string of the molecule is Cn1ncc(C(=O)NC(Cc2ccccc2)C(=O)C(N)=O)c1-c1ncccn1. The Labute approximate surface area is 160 Å². The van der Waals surface area contributed by atoms with Crippen molar-refractivity contribution in [3.8, 4) is 11.5 Å². The number of hydrogen-bond donors (Lipinski definition) is 2. The fraction of sp³-hybridized carbons (Fsp3) is 0.158. The number of rotatable bonds is 7. The van der Waals surface area contributed by atoms with Crippen LogP contribution in [-0.2, 0) is 23.1 Å². The van der Waals surface area contributed by atoms with E-state index >= 15 is 0 Å². The largest absolute Gasteiger partial charge is 0.363 e. The van der Waals surface area contributed by atoms with Crippen molar-refractivity contribution in [2.75, 3.05) is 0 Å². The van der Waals surface area contributed by atoms with Gasteiger partial charge in [-0.2, -0.15) is 5.10 Å². The molecule has 3 aromatic rings. The van der Waals surface area contributed by atoms with Crippen molar-refractivity contribution in [3.63, 3.8) is 0 Å². The molecule has 0 aliphatic carbocycles. The van der Waals surface area contributed by atoms with E-state index in [0.29, 0.717) is 11.5 Å². The number of Topliss-reactive ketones (excluding diaryl/α,β-unsaturated/α-hetero) is 1. The molecule has 2 amide bonds. The molecule has 0 saturated heterocycles. The van der Waals surface area contributed by atoms with Crippen LogP contribution in [0.2, 0.25) is 0 Å². The Balaban J connectivity index is 1.89. The second-order valence-corrected chi connectivity index (χ2v) is 6.05. The van der Waals surface area contributed by atoms with E-state index in [1.54, 1.807) is 49.8 Å². The average molecular weight is 378 g/mol. The fourth-order valence-corrected chi connectivity index (χ4v) is 2.76. The topological polar surface area (TPSA) is 133 Å². The smallest absolute Gasteiger partial charge is 0.287 e. The number of benzene rings is 1. The first-order valence-corrected chi connectivity index (χ1v) is 8.45. The second-order valence-electron chi connectivity index (χ2n) is 6.05. The quantitative estimate of drug-likeness (QED) is 0.567. The molecule has 3 N–H and O–H groups in total. The van der Waals surface area contributed by atoms with Gasteiger partial charge in [-0.05, 0) is 11.6 Å². The van der Waals surface area contributed by atoms with Gasteiger partial charge in [-0.1, -0.05) is 30.3 Å². The van der Waals surface area contributed by atoms with Gasteiger partial charge in [0.05, 0.1) is 11.8 Å². The zero-order chi connectivity index (χ0) is 20.1. The maximum atomic E-state index is 12.9. The van der Waals surface area contributed by atoms with Gasteiger partial charge in [0, 0.05) is 25.9 Å². The Bertz CT molecular complexity index is 1000. The predicted octanol–water partition coefficient (Wildman–Crippen LogP) is 0.273. The zero-order valence-corrected chi connectivity index (χ0v) is 15.1. The highest BCUT2D eigenvalue weighted by molar-refractivity contribution is 6.38. The lowest BCUT2D eigenvalue weighted by Gasteiger charge is -2.16. The van der Waals surface area contributed by atoms with Crippen molar-refractivity contribution in [2.45, 2.75) is 12.5 Å². The van der Waals surface area contributed by atoms with E-state index in [4.69, 9.17) is 5.73 Å². The minimum atomic E-state index is -1.11. The van der Waals surface area contributed by atoms with Gasteiger partial charge in [0.2, 0.25) is 5.78 Å². The van der Waals surface area contributed by atoms with E-state index < -0.39 is 23.6 Å². The van der Waals surface area contributed by atoms with Crippen molar-refractivity contribution in [1.29, 1.82) is 0 Å². The minimum Gasteiger partial charge on any atom is -0.363 e. The molecule has 0 fully saturated rings. The van der Waals surface area contributed by atoms with Crippen LogP contribution in [0.5, 0.6) is 0 Å². The Hall–Kier alpha value is -3.88. The van der Waals surface area contributed by atoms with Crippen LogP contribution in [0, 0.1) is 0 Å². The van der Waals surface area contributed by atoms with Crippen molar-refractivity contribution < 1.29 is 14.4 Å². The Morgan fingerprint density at radius 2 is 1.79 bits per heavy atom. The molecule has 0 aliphatic heterocycles. The van der Waals surface area contributed by atoms with E-state index in [0.717, 1.165) is 5.56 Å². The number of aromatic nitrogens is 4. The lowest BCUT2D eigenvalue weighted by Crippen LogP contribution is -2.47. The van der Waals surface area contributed by atoms with Crippen molar-refractivity contribution in [2.24, 2.45) is 12.8 Å². The molecule has 2 heterocycles. The first kappa shape index (κ1) is 18.9. The third-order valence-corrected chi connectivity index (χ3v) is 4.11. The van der Waals surface area contributed by atoms with Gasteiger partial charge in [-0.15, -0.1) is 0 Å². The third kappa shape index (κ3) is 4.09. The summed E-state index contributed by atoms with van der Waals surface area (Å²) in [5, 5.41) is 6.67. The standard InChI is InChI=1S/C19H18N6O3/c1-25-15(18-21-8-5-9-22-18)13(11-23-25)19(28)24-14(16(26)17(20)27)10-12-6-3-2-4-7-12/h2-9,11,14H,10H2,1H3,(H2,20,27)(H,24,28). The van der Waals surface area contributed by atoms with Gasteiger partial charge in [0.15, 0.2) is 5.82 Å². The van der Waals surface area contributed by atoms with Crippen LogP contribution in [0.1, 0.15) is 15.9 Å². The molecule has 0 saturated carbocycles. The third-order valence-electron chi connectivity index (χ3n) is 4.11. The summed E-state index contributed by atoms with van der Waals surface area (Å²) in [6.45, 7) is 0. The number of nitrogens with zero attached hydrogens (tertiary/aromatic N) is 4. The zero-order valence-electron chi connectivity index (χ0n) is 15.1. The van der Waals surface area contributed by atoms with Crippen LogP contribution >= 0.6 is 0 Å². The summed E-state index contributed by atoms with van der Waals surface area (Å²) in [5.41, 5.74) is 6.51. The molecule has 1 unspecified atom stereocenters. The molecule has 0 aliphatic rings. The van der Waals surface area contributed by atoms with Crippen molar-refractivity contribution >= 4 is 17.6 Å². The average Bonchev–Trinajstić information content (AvgIpc) is 3.09. The summed E-state index contributed by atoms with van der Waals surface area (Å²) in [6.07, 6.45) is 4.58. The maximum absolute atomic E-state index is 12.9. The fourth-order valence-electron chi connectivity index (χ4n) is 2.76. The second kappa shape index (κ2) is 8.21. The molecule has 9 nitrogen and oxygen atoms in total. The van der Waals surface area contributed by atoms with Crippen molar-refractivity contribution in [1.82, 2.24) is 25.1 Å². The number of primary amides is 1. The Morgan fingerprint density at radius 1 is 1.11 bits per heavy atom. The van der Waals surface area contributed by atoms with Gasteiger partial charge in [-0.25, -0.2) is 9.97 Å². The van der Waals surface area contributed by atoms with Gasteiger partial charge in [0.1, 0.15) is 11.7 Å². The molecule has 0 radical (unpaired) electrons. The summed E-state index contributed by atoms with van der Waals surface area (Å²) < 4.78 is 1.46. The lowest BCUT2D eigenvalue weighted by atomic mass is 10.0. The van der Waals surface area contributed by atoms with Crippen LogP contribution in [0.15, 0.2) is 55.0 Å². The van der Waals surface area contributed by atoms with E-state index in [9.17, 15) is 14.4 Å². The number of aryl methyl sites for hydroxylation is 1. The number of amides is 2. The van der Waals surface area contributed by atoms with Crippen LogP contribution in [0.25, 0.3) is 11.5 Å². The molecule has 0 spiro atoms. The van der Waals surface area contributed by atoms with E-state index in [1.165, 1.54) is 10.9 Å². The molecule has 9 heteroatoms. The number of hydrogen-bond acceptors (Lipinski definition) is 6. The number of nitrogens with one attached hydrogen (secondary N) is 1. The highest BCUT2D eigenvalue weighted by Crippen LogP contribution is 2.19. The van der Waals surface area contributed by atoms with Crippen LogP contribution in [-0.4, -0.2) is 43.4 Å². The van der Waals surface area contributed by atoms with E-state index in [1.807, 2.05) is 6.07 Å². The molecule has 142 valence electrons. The highest BCUT2D eigenvalue weighted by atomic mass is 16.2. The molecule has 1 atom stereocenters. The highest BCUT2D eigenvalue weighted by Gasteiger charge is 2.28. The maximum Gasteiger partial charge on any atom is 0.287 e. The molecular formula is C19H18N6O3. The van der Waals surface area contributed by atoms with E-state index in [-0.39, 0.29) is 12.0 Å². The van der Waals surface area contributed by atoms with Gasteiger partial charge >= 0.3 is 0 Å². The molecule has 28 heavy (non-hydrogen) atoms. The normalized spacial score (nSPS) is 11.6. The summed E-state index contributed by atoms with van der Waals surface area (Å²) in [5.74, 6) is -2.25.